The van der Waals surface area contributed by atoms with E-state index in [9.17, 15) is 9.59 Å². The highest BCUT2D eigenvalue weighted by molar-refractivity contribution is 5.98. The zero-order valence-corrected chi connectivity index (χ0v) is 10.1. The van der Waals surface area contributed by atoms with Gasteiger partial charge in [0.2, 0.25) is 0 Å². The molecule has 17 heavy (non-hydrogen) atoms. The first kappa shape index (κ1) is 13.4. The molecule has 1 amide bonds. The zero-order valence-electron chi connectivity index (χ0n) is 10.1. The van der Waals surface area contributed by atoms with E-state index in [1.165, 1.54) is 0 Å². The molecule has 0 aliphatic rings. The molecule has 0 bridgehead atoms. The van der Waals surface area contributed by atoms with Gasteiger partial charge in [-0.2, -0.15) is 0 Å². The maximum absolute atomic E-state index is 11.3. The maximum atomic E-state index is 11.3. The third kappa shape index (κ3) is 5.26. The van der Waals surface area contributed by atoms with E-state index in [0.29, 0.717) is 6.61 Å². The van der Waals surface area contributed by atoms with Gasteiger partial charge in [-0.1, -0.05) is 44.2 Å². The Hall–Kier alpha value is -1.68. The molecule has 0 aromatic heterocycles. The minimum absolute atomic E-state index is 0.0918. The molecule has 4 heteroatoms. The molecule has 0 fully saturated rings. The second-order valence-electron chi connectivity index (χ2n) is 4.10. The highest BCUT2D eigenvalue weighted by atomic mass is 16.6. The lowest BCUT2D eigenvalue weighted by Gasteiger charge is -2.06. The van der Waals surface area contributed by atoms with Crippen molar-refractivity contribution >= 4 is 11.7 Å². The maximum Gasteiger partial charge on any atom is 0.250 e. The summed E-state index contributed by atoms with van der Waals surface area (Å²) in [6.07, 6.45) is -0.132. The monoisotopic (exact) mass is 235 g/mol. The van der Waals surface area contributed by atoms with Crippen LogP contribution in [0.25, 0.3) is 0 Å². The molecule has 0 aliphatic heterocycles. The van der Waals surface area contributed by atoms with E-state index < -0.39 is 5.91 Å². The Morgan fingerprint density at radius 2 is 1.88 bits per heavy atom. The third-order valence-corrected chi connectivity index (χ3v) is 2.25. The molecule has 0 unspecified atom stereocenters. The number of carbonyl (C=O) groups is 2. The fourth-order valence-corrected chi connectivity index (χ4v) is 1.17. The summed E-state index contributed by atoms with van der Waals surface area (Å²) in [5.74, 6) is -0.625. The van der Waals surface area contributed by atoms with Crippen molar-refractivity contribution in [3.05, 3.63) is 35.9 Å². The number of Topliss-reactive ketones (excluding diaryl/α,β-unsaturated/α-hetero) is 1. The van der Waals surface area contributed by atoms with Crippen LogP contribution in [-0.2, 0) is 21.0 Å². The van der Waals surface area contributed by atoms with Crippen molar-refractivity contribution in [2.24, 2.45) is 5.92 Å². The van der Waals surface area contributed by atoms with E-state index in [4.69, 9.17) is 4.84 Å². The summed E-state index contributed by atoms with van der Waals surface area (Å²) in [6, 6.07) is 9.48. The lowest BCUT2D eigenvalue weighted by molar-refractivity contribution is -0.138. The molecule has 0 aliphatic carbocycles. The van der Waals surface area contributed by atoms with E-state index in [2.05, 4.69) is 5.48 Å². The molecule has 4 nitrogen and oxygen atoms in total. The van der Waals surface area contributed by atoms with Crippen molar-refractivity contribution in [3.63, 3.8) is 0 Å². The molecule has 1 rings (SSSR count). The average molecular weight is 235 g/mol. The summed E-state index contributed by atoms with van der Waals surface area (Å²) in [7, 11) is 0. The van der Waals surface area contributed by atoms with E-state index >= 15 is 0 Å². The molecule has 0 atom stereocenters. The van der Waals surface area contributed by atoms with Crippen molar-refractivity contribution in [1.82, 2.24) is 5.48 Å². The van der Waals surface area contributed by atoms with E-state index in [1.54, 1.807) is 13.8 Å². The van der Waals surface area contributed by atoms with Crippen LogP contribution in [0.4, 0.5) is 0 Å². The second kappa shape index (κ2) is 6.81. The lowest BCUT2D eigenvalue weighted by atomic mass is 10.1. The summed E-state index contributed by atoms with van der Waals surface area (Å²) >= 11 is 0. The zero-order chi connectivity index (χ0) is 12.7. The van der Waals surface area contributed by atoms with Crippen molar-refractivity contribution in [2.75, 3.05) is 0 Å². The highest BCUT2D eigenvalue weighted by Gasteiger charge is 2.12. The van der Waals surface area contributed by atoms with Crippen molar-refractivity contribution in [1.29, 1.82) is 0 Å². The molecule has 0 spiro atoms. The first-order valence-electron chi connectivity index (χ1n) is 5.57. The third-order valence-electron chi connectivity index (χ3n) is 2.25. The molecule has 0 radical (unpaired) electrons. The Morgan fingerprint density at radius 1 is 1.24 bits per heavy atom. The summed E-state index contributed by atoms with van der Waals surface area (Å²) in [5, 5.41) is 0. The number of nitrogens with one attached hydrogen (secondary N) is 1. The van der Waals surface area contributed by atoms with E-state index in [0.717, 1.165) is 5.56 Å². The Kier molecular flexibility index (Phi) is 5.36. The molecular weight excluding hydrogens is 218 g/mol. The Morgan fingerprint density at radius 3 is 2.47 bits per heavy atom. The van der Waals surface area contributed by atoms with Gasteiger partial charge in [-0.15, -0.1) is 0 Å². The topological polar surface area (TPSA) is 55.4 Å². The first-order valence-corrected chi connectivity index (χ1v) is 5.57. The molecule has 0 heterocycles. The van der Waals surface area contributed by atoms with Crippen LogP contribution in [0.5, 0.6) is 0 Å². The smallest absolute Gasteiger partial charge is 0.250 e. The standard InChI is InChI=1S/C13H17NO3/c1-10(2)12(15)8-13(16)14-17-9-11-6-4-3-5-7-11/h3-7,10H,8-9H2,1-2H3,(H,14,16). The van der Waals surface area contributed by atoms with Gasteiger partial charge in [0.15, 0.2) is 0 Å². The fourth-order valence-electron chi connectivity index (χ4n) is 1.17. The van der Waals surface area contributed by atoms with Gasteiger partial charge in [0, 0.05) is 5.92 Å². The molecule has 0 saturated carbocycles. The van der Waals surface area contributed by atoms with Crippen LogP contribution in [0.2, 0.25) is 0 Å². The molecular formula is C13H17NO3. The number of rotatable bonds is 6. The number of carbonyl (C=O) groups excluding carboxylic acids is 2. The predicted molar refractivity (Wildman–Crippen MR) is 63.8 cm³/mol. The van der Waals surface area contributed by atoms with Gasteiger partial charge in [-0.25, -0.2) is 5.48 Å². The minimum atomic E-state index is -0.403. The Labute approximate surface area is 101 Å². The molecule has 1 aromatic carbocycles. The lowest BCUT2D eigenvalue weighted by Crippen LogP contribution is -2.27. The summed E-state index contributed by atoms with van der Waals surface area (Å²) in [4.78, 5) is 27.6. The van der Waals surface area contributed by atoms with Gasteiger partial charge in [0.1, 0.15) is 5.78 Å². The molecule has 1 N–H and O–H groups in total. The SMILES string of the molecule is CC(C)C(=O)CC(=O)NOCc1ccccc1. The molecule has 92 valence electrons. The summed E-state index contributed by atoms with van der Waals surface area (Å²) in [5.41, 5.74) is 3.22. The van der Waals surface area contributed by atoms with Gasteiger partial charge in [-0.3, -0.25) is 14.4 Å². The average Bonchev–Trinajstić information content (AvgIpc) is 2.30. The number of benzene rings is 1. The van der Waals surface area contributed by atoms with Crippen LogP contribution in [0.1, 0.15) is 25.8 Å². The molecule has 0 saturated heterocycles. The van der Waals surface area contributed by atoms with Crippen LogP contribution in [-0.4, -0.2) is 11.7 Å². The largest absolute Gasteiger partial charge is 0.299 e. The number of hydrogen-bond acceptors (Lipinski definition) is 3. The fraction of sp³-hybridized carbons (Fsp3) is 0.385. The molecule has 1 aromatic rings. The van der Waals surface area contributed by atoms with Crippen molar-refractivity contribution in [2.45, 2.75) is 26.9 Å². The van der Waals surface area contributed by atoms with Gasteiger partial charge in [-0.05, 0) is 5.56 Å². The Balaban J connectivity index is 2.23. The predicted octanol–water partition coefficient (Wildman–Crippen LogP) is 1.85. The van der Waals surface area contributed by atoms with Crippen LogP contribution in [0, 0.1) is 5.92 Å². The summed E-state index contributed by atoms with van der Waals surface area (Å²) < 4.78 is 0. The van der Waals surface area contributed by atoms with Crippen LogP contribution in [0.15, 0.2) is 30.3 Å². The number of hydrogen-bond donors (Lipinski definition) is 1. The van der Waals surface area contributed by atoms with Crippen LogP contribution < -0.4 is 5.48 Å². The van der Waals surface area contributed by atoms with Gasteiger partial charge in [0.25, 0.3) is 5.91 Å². The van der Waals surface area contributed by atoms with Crippen molar-refractivity contribution < 1.29 is 14.4 Å². The number of ketones is 1. The number of amides is 1. The first-order chi connectivity index (χ1) is 8.09. The van der Waals surface area contributed by atoms with E-state index in [-0.39, 0.29) is 18.1 Å². The van der Waals surface area contributed by atoms with Gasteiger partial charge < -0.3 is 0 Å². The van der Waals surface area contributed by atoms with Gasteiger partial charge >= 0.3 is 0 Å². The van der Waals surface area contributed by atoms with Crippen LogP contribution in [0.3, 0.4) is 0 Å². The minimum Gasteiger partial charge on any atom is -0.299 e. The summed E-state index contributed by atoms with van der Waals surface area (Å²) in [6.45, 7) is 3.82. The second-order valence-corrected chi connectivity index (χ2v) is 4.10. The highest BCUT2D eigenvalue weighted by Crippen LogP contribution is 2.00. The number of hydroxylamine groups is 1. The van der Waals surface area contributed by atoms with Crippen LogP contribution >= 0.6 is 0 Å². The van der Waals surface area contributed by atoms with Gasteiger partial charge in [0.05, 0.1) is 13.0 Å². The quantitative estimate of drug-likeness (QED) is 0.604. The van der Waals surface area contributed by atoms with Crippen molar-refractivity contribution in [3.8, 4) is 0 Å². The Bertz CT molecular complexity index is 374. The normalized spacial score (nSPS) is 10.3. The van der Waals surface area contributed by atoms with E-state index in [1.807, 2.05) is 30.3 Å².